The summed E-state index contributed by atoms with van der Waals surface area (Å²) in [5.74, 6) is 0. The number of aliphatic imine (C=N–C) groups is 1. The molecule has 0 aromatic carbocycles. The number of amides is 1. The van der Waals surface area contributed by atoms with Crippen LogP contribution in [0.25, 0.3) is 0 Å². The third kappa shape index (κ3) is 5.88. The van der Waals surface area contributed by atoms with Crippen LogP contribution in [-0.4, -0.2) is 23.5 Å². The molecule has 92 valence electrons. The first-order valence-electron chi connectivity index (χ1n) is 5.01. The van der Waals surface area contributed by atoms with Gasteiger partial charge in [0.05, 0.1) is 5.70 Å². The van der Waals surface area contributed by atoms with Crippen molar-refractivity contribution in [2.45, 2.75) is 13.8 Å². The highest BCUT2D eigenvalue weighted by Crippen LogP contribution is 2.11. The lowest BCUT2D eigenvalue weighted by molar-refractivity contribution is -0.115. The van der Waals surface area contributed by atoms with Gasteiger partial charge in [-0.2, -0.15) is 0 Å². The first-order chi connectivity index (χ1) is 7.92. The van der Waals surface area contributed by atoms with Crippen molar-refractivity contribution in [3.63, 3.8) is 0 Å². The molecule has 0 unspecified atom stereocenters. The third-order valence-corrected chi connectivity index (χ3v) is 2.27. The van der Waals surface area contributed by atoms with Gasteiger partial charge in [0.1, 0.15) is 5.17 Å². The summed E-state index contributed by atoms with van der Waals surface area (Å²) in [5, 5.41) is 0.300. The molecule has 1 amide bonds. The van der Waals surface area contributed by atoms with Crippen LogP contribution in [0.4, 0.5) is 0 Å². The van der Waals surface area contributed by atoms with Gasteiger partial charge in [-0.05, 0) is 37.6 Å². The highest BCUT2D eigenvalue weighted by Gasteiger charge is 1.98. The lowest BCUT2D eigenvalue weighted by Gasteiger charge is -2.09. The molecular weight excluding hydrogens is 236 g/mol. The monoisotopic (exact) mass is 252 g/mol. The molecule has 0 bridgehead atoms. The molecule has 0 saturated carbocycles. The number of rotatable bonds is 6. The van der Waals surface area contributed by atoms with Crippen LogP contribution >= 0.6 is 11.6 Å². The number of nitrogens with zero attached hydrogens (tertiary/aromatic N) is 2. The van der Waals surface area contributed by atoms with Crippen molar-refractivity contribution >= 4 is 23.2 Å². The molecule has 0 aliphatic heterocycles. The maximum Gasteiger partial charge on any atom is 0.213 e. The Kier molecular flexibility index (Phi) is 6.91. The van der Waals surface area contributed by atoms with E-state index >= 15 is 0 Å². The topological polar surface area (TPSA) is 32.7 Å². The third-order valence-electron chi connectivity index (χ3n) is 2.03. The number of carbonyl (C=O) groups excluding carboxylic acids is 1. The Balaban J connectivity index is 5.16. The molecule has 0 saturated heterocycles. The highest BCUT2D eigenvalue weighted by atomic mass is 35.5. The summed E-state index contributed by atoms with van der Waals surface area (Å²) in [6.45, 7) is 11.0. The van der Waals surface area contributed by atoms with Crippen LogP contribution in [0.3, 0.4) is 0 Å². The largest absolute Gasteiger partial charge is 0.322 e. The highest BCUT2D eigenvalue weighted by molar-refractivity contribution is 6.68. The van der Waals surface area contributed by atoms with Crippen LogP contribution in [-0.2, 0) is 4.79 Å². The number of hydrogen-bond donors (Lipinski definition) is 0. The maximum absolute atomic E-state index is 10.5. The van der Waals surface area contributed by atoms with Gasteiger partial charge < -0.3 is 4.90 Å². The molecule has 17 heavy (non-hydrogen) atoms. The number of hydrogen-bond acceptors (Lipinski definition) is 2. The quantitative estimate of drug-likeness (QED) is 0.406. The van der Waals surface area contributed by atoms with E-state index in [0.717, 1.165) is 17.7 Å². The van der Waals surface area contributed by atoms with E-state index in [2.05, 4.69) is 18.2 Å². The van der Waals surface area contributed by atoms with Crippen molar-refractivity contribution in [3.8, 4) is 0 Å². The van der Waals surface area contributed by atoms with Crippen molar-refractivity contribution in [2.75, 3.05) is 7.05 Å². The Morgan fingerprint density at radius 3 is 2.35 bits per heavy atom. The molecule has 0 fully saturated rings. The number of carbonyl (C=O) groups is 1. The van der Waals surface area contributed by atoms with Crippen molar-refractivity contribution in [3.05, 3.63) is 48.4 Å². The Bertz CT molecular complexity index is 406. The van der Waals surface area contributed by atoms with Crippen LogP contribution in [0, 0.1) is 0 Å². The van der Waals surface area contributed by atoms with E-state index in [1.807, 2.05) is 13.8 Å². The normalized spacial score (nSPS) is 13.3. The van der Waals surface area contributed by atoms with Crippen LogP contribution in [0.5, 0.6) is 0 Å². The molecule has 0 aliphatic rings. The molecular formula is C13H17ClN2O. The Morgan fingerprint density at radius 2 is 1.94 bits per heavy atom. The molecule has 0 aromatic heterocycles. The van der Waals surface area contributed by atoms with Crippen molar-refractivity contribution in [1.29, 1.82) is 0 Å². The molecule has 0 spiro atoms. The van der Waals surface area contributed by atoms with E-state index in [1.165, 1.54) is 11.0 Å². The molecule has 4 heteroatoms. The van der Waals surface area contributed by atoms with E-state index in [4.69, 9.17) is 11.6 Å². The fourth-order valence-corrected chi connectivity index (χ4v) is 0.927. The molecule has 0 aromatic rings. The minimum atomic E-state index is 0.300. The van der Waals surface area contributed by atoms with E-state index in [-0.39, 0.29) is 0 Å². The Labute approximate surface area is 107 Å². The first-order valence-corrected chi connectivity index (χ1v) is 5.39. The lowest BCUT2D eigenvalue weighted by Crippen LogP contribution is -2.12. The minimum Gasteiger partial charge on any atom is -0.322 e. The summed E-state index contributed by atoms with van der Waals surface area (Å²) >= 11 is 5.77. The van der Waals surface area contributed by atoms with Crippen LogP contribution in [0.15, 0.2) is 53.3 Å². The summed E-state index contributed by atoms with van der Waals surface area (Å²) in [5.41, 5.74) is 2.22. The van der Waals surface area contributed by atoms with E-state index in [1.54, 1.807) is 19.2 Å². The van der Waals surface area contributed by atoms with Crippen LogP contribution in [0.1, 0.15) is 13.8 Å². The van der Waals surface area contributed by atoms with Gasteiger partial charge in [0.25, 0.3) is 0 Å². The molecule has 0 aliphatic carbocycles. The van der Waals surface area contributed by atoms with Gasteiger partial charge in [0.15, 0.2) is 0 Å². The lowest BCUT2D eigenvalue weighted by atomic mass is 10.2. The van der Waals surface area contributed by atoms with Gasteiger partial charge in [0.2, 0.25) is 6.41 Å². The van der Waals surface area contributed by atoms with Crippen molar-refractivity contribution in [1.82, 2.24) is 4.90 Å². The summed E-state index contributed by atoms with van der Waals surface area (Å²) in [6, 6.07) is 0. The maximum atomic E-state index is 10.5. The van der Waals surface area contributed by atoms with Crippen molar-refractivity contribution in [2.24, 2.45) is 4.99 Å². The van der Waals surface area contributed by atoms with Crippen molar-refractivity contribution < 1.29 is 4.79 Å². The van der Waals surface area contributed by atoms with Gasteiger partial charge in [-0.3, -0.25) is 4.79 Å². The van der Waals surface area contributed by atoms with Gasteiger partial charge >= 0.3 is 0 Å². The standard InChI is InChI=1S/C13H17ClN2O/c1-6-13(14)15-12(10(2)3)8-7-11(4)16(5)9-17/h6-9H,1-2H2,3-5H3/b11-7+,12-8+,15-13?. The predicted octanol–water partition coefficient (Wildman–Crippen LogP) is 3.26. The zero-order chi connectivity index (χ0) is 13.4. The summed E-state index contributed by atoms with van der Waals surface area (Å²) in [6.07, 6.45) is 5.71. The van der Waals surface area contributed by atoms with Gasteiger partial charge in [-0.25, -0.2) is 4.99 Å². The van der Waals surface area contributed by atoms with E-state index in [9.17, 15) is 4.79 Å². The Hall–Kier alpha value is -1.61. The molecule has 0 N–H and O–H groups in total. The second-order valence-corrected chi connectivity index (χ2v) is 3.88. The second kappa shape index (κ2) is 7.63. The molecule has 0 radical (unpaired) electrons. The molecule has 0 rings (SSSR count). The summed E-state index contributed by atoms with van der Waals surface area (Å²) < 4.78 is 0. The van der Waals surface area contributed by atoms with E-state index < -0.39 is 0 Å². The van der Waals surface area contributed by atoms with Crippen LogP contribution in [0.2, 0.25) is 0 Å². The smallest absolute Gasteiger partial charge is 0.213 e. The SMILES string of the molecule is C=CC(Cl)=N/C(=C/C=C(\C)N(C)C=O)C(=C)C. The molecule has 0 atom stereocenters. The van der Waals surface area contributed by atoms with Gasteiger partial charge in [-0.1, -0.05) is 24.8 Å². The molecule has 0 heterocycles. The average molecular weight is 253 g/mol. The number of allylic oxidation sites excluding steroid dienone is 5. The first kappa shape index (κ1) is 15.4. The summed E-state index contributed by atoms with van der Waals surface area (Å²) in [7, 11) is 1.67. The van der Waals surface area contributed by atoms with Gasteiger partial charge in [0, 0.05) is 12.7 Å². The van der Waals surface area contributed by atoms with E-state index in [0.29, 0.717) is 10.9 Å². The predicted molar refractivity (Wildman–Crippen MR) is 74.0 cm³/mol. The van der Waals surface area contributed by atoms with Crippen LogP contribution < -0.4 is 0 Å². The zero-order valence-corrected chi connectivity index (χ0v) is 11.2. The van der Waals surface area contributed by atoms with Gasteiger partial charge in [-0.15, -0.1) is 0 Å². The molecule has 3 nitrogen and oxygen atoms in total. The fraction of sp³-hybridized carbons (Fsp3) is 0.231. The average Bonchev–Trinajstić information content (AvgIpc) is 2.31. The fourth-order valence-electron chi connectivity index (χ4n) is 0.836. The zero-order valence-electron chi connectivity index (χ0n) is 10.4. The minimum absolute atomic E-state index is 0.300. The summed E-state index contributed by atoms with van der Waals surface area (Å²) in [4.78, 5) is 16.1. The second-order valence-electron chi connectivity index (χ2n) is 3.50. The Morgan fingerprint density at radius 1 is 1.35 bits per heavy atom. The number of halogens is 1.